The van der Waals surface area contributed by atoms with E-state index >= 15 is 0 Å². The third-order valence-corrected chi connectivity index (χ3v) is 4.83. The molecule has 0 saturated carbocycles. The number of nitro groups is 1. The molecule has 1 aliphatic heterocycles. The van der Waals surface area contributed by atoms with Crippen LogP contribution in [0.5, 0.6) is 0 Å². The van der Waals surface area contributed by atoms with Crippen LogP contribution in [0.2, 0.25) is 0 Å². The van der Waals surface area contributed by atoms with E-state index in [4.69, 9.17) is 0 Å². The molecule has 1 amide bonds. The Kier molecular flexibility index (Phi) is 6.20. The summed E-state index contributed by atoms with van der Waals surface area (Å²) in [7, 11) is 0. The fraction of sp³-hybridized carbons (Fsp3) is 0.368. The maximum absolute atomic E-state index is 12.6. The number of benzene rings is 1. The van der Waals surface area contributed by atoms with Crippen LogP contribution < -0.4 is 10.2 Å². The summed E-state index contributed by atoms with van der Waals surface area (Å²) in [5.74, 6) is 0.160. The van der Waals surface area contributed by atoms with Crippen molar-refractivity contribution in [2.24, 2.45) is 0 Å². The number of pyridine rings is 1. The van der Waals surface area contributed by atoms with E-state index < -0.39 is 16.7 Å². The second-order valence-corrected chi connectivity index (χ2v) is 6.97. The van der Waals surface area contributed by atoms with Crippen LogP contribution in [0.25, 0.3) is 0 Å². The van der Waals surface area contributed by atoms with Gasteiger partial charge in [-0.15, -0.1) is 0 Å². The minimum Gasteiger partial charge on any atom is -0.354 e. The van der Waals surface area contributed by atoms with Crippen LogP contribution in [0.4, 0.5) is 30.4 Å². The highest BCUT2D eigenvalue weighted by molar-refractivity contribution is 5.92. The number of halogens is 3. The number of carbonyl (C=O) groups is 1. The highest BCUT2D eigenvalue weighted by atomic mass is 19.4. The Balaban J connectivity index is 1.51. The molecule has 11 heteroatoms. The summed E-state index contributed by atoms with van der Waals surface area (Å²) < 4.78 is 37.9. The zero-order chi connectivity index (χ0) is 21.9. The van der Waals surface area contributed by atoms with Crippen LogP contribution in [0.1, 0.15) is 11.1 Å². The van der Waals surface area contributed by atoms with E-state index in [-0.39, 0.29) is 18.1 Å². The third kappa shape index (κ3) is 5.23. The Morgan fingerprint density at radius 2 is 1.90 bits per heavy atom. The third-order valence-electron chi connectivity index (χ3n) is 4.83. The molecule has 1 aromatic heterocycles. The predicted octanol–water partition coefficient (Wildman–Crippen LogP) is 3.08. The van der Waals surface area contributed by atoms with Crippen molar-refractivity contribution in [1.29, 1.82) is 0 Å². The number of anilines is 2. The number of aromatic nitrogens is 1. The molecule has 0 aliphatic carbocycles. The molecule has 1 aromatic carbocycles. The van der Waals surface area contributed by atoms with E-state index in [0.717, 1.165) is 12.3 Å². The first-order valence-corrected chi connectivity index (χ1v) is 9.19. The molecule has 30 heavy (non-hydrogen) atoms. The molecule has 1 fully saturated rings. The average molecular weight is 423 g/mol. The lowest BCUT2D eigenvalue weighted by Crippen LogP contribution is -2.48. The van der Waals surface area contributed by atoms with E-state index in [9.17, 15) is 28.1 Å². The van der Waals surface area contributed by atoms with Crippen LogP contribution in [-0.4, -0.2) is 53.4 Å². The number of alkyl halides is 3. The predicted molar refractivity (Wildman–Crippen MR) is 104 cm³/mol. The van der Waals surface area contributed by atoms with Gasteiger partial charge in [-0.1, -0.05) is 6.07 Å². The first-order chi connectivity index (χ1) is 14.1. The molecule has 2 heterocycles. The Morgan fingerprint density at radius 3 is 2.47 bits per heavy atom. The fourth-order valence-electron chi connectivity index (χ4n) is 3.16. The van der Waals surface area contributed by atoms with Crippen LogP contribution in [0.15, 0.2) is 36.5 Å². The van der Waals surface area contributed by atoms with Crippen LogP contribution in [0.3, 0.4) is 0 Å². The van der Waals surface area contributed by atoms with Gasteiger partial charge in [0.25, 0.3) is 5.69 Å². The van der Waals surface area contributed by atoms with Gasteiger partial charge in [0.05, 0.1) is 17.0 Å². The number of piperazine rings is 1. The Bertz CT molecular complexity index is 926. The number of aryl methyl sites for hydroxylation is 1. The summed E-state index contributed by atoms with van der Waals surface area (Å²) in [6.07, 6.45) is -3.61. The lowest BCUT2D eigenvalue weighted by Gasteiger charge is -2.35. The molecule has 0 bridgehead atoms. The van der Waals surface area contributed by atoms with Crippen molar-refractivity contribution >= 4 is 23.1 Å². The molecular formula is C19H20F3N5O3. The molecule has 1 N–H and O–H groups in total. The normalized spacial score (nSPS) is 15.1. The minimum atomic E-state index is -4.42. The molecule has 8 nitrogen and oxygen atoms in total. The fourth-order valence-corrected chi connectivity index (χ4v) is 3.16. The SMILES string of the molecule is Cc1ccc(NC(=O)CN2CCN(c3ccc(C(F)(F)F)cn3)CC2)cc1[N+](=O)[O-]. The quantitative estimate of drug-likeness (QED) is 0.587. The standard InChI is InChI=1S/C19H20F3N5O3/c1-13-2-4-15(10-16(13)27(29)30)24-18(28)12-25-6-8-26(9-7-25)17-5-3-14(11-23-17)19(20,21)22/h2-5,10-11H,6-9,12H2,1H3,(H,24,28). The van der Waals surface area contributed by atoms with Gasteiger partial charge < -0.3 is 10.2 Å². The molecule has 2 aromatic rings. The molecule has 0 spiro atoms. The minimum absolute atomic E-state index is 0.0644. The molecule has 160 valence electrons. The Hall–Kier alpha value is -3.21. The second kappa shape index (κ2) is 8.66. The summed E-state index contributed by atoms with van der Waals surface area (Å²) >= 11 is 0. The van der Waals surface area contributed by atoms with Crippen LogP contribution in [0, 0.1) is 17.0 Å². The van der Waals surface area contributed by atoms with Gasteiger partial charge in [-0.2, -0.15) is 13.2 Å². The molecule has 3 rings (SSSR count). The number of carbonyl (C=O) groups excluding carboxylic acids is 1. The van der Waals surface area contributed by atoms with Crippen LogP contribution >= 0.6 is 0 Å². The molecule has 1 aliphatic rings. The number of nitrogens with one attached hydrogen (secondary N) is 1. The first-order valence-electron chi connectivity index (χ1n) is 9.19. The molecule has 0 unspecified atom stereocenters. The summed E-state index contributed by atoms with van der Waals surface area (Å²) in [4.78, 5) is 30.4. The molecule has 0 atom stereocenters. The smallest absolute Gasteiger partial charge is 0.354 e. The van der Waals surface area contributed by atoms with E-state index in [1.165, 1.54) is 12.1 Å². The maximum Gasteiger partial charge on any atom is 0.417 e. The molecule has 1 saturated heterocycles. The van der Waals surface area contributed by atoms with E-state index in [1.54, 1.807) is 19.1 Å². The zero-order valence-corrected chi connectivity index (χ0v) is 16.1. The van der Waals surface area contributed by atoms with E-state index in [2.05, 4.69) is 10.3 Å². The second-order valence-electron chi connectivity index (χ2n) is 6.97. The summed E-state index contributed by atoms with van der Waals surface area (Å²) in [6.45, 7) is 3.82. The monoisotopic (exact) mass is 423 g/mol. The Labute approximate surface area is 170 Å². The van der Waals surface area contributed by atoms with E-state index in [0.29, 0.717) is 43.2 Å². The zero-order valence-electron chi connectivity index (χ0n) is 16.1. The number of amides is 1. The van der Waals surface area contributed by atoms with Gasteiger partial charge in [0, 0.05) is 49.7 Å². The lowest BCUT2D eigenvalue weighted by molar-refractivity contribution is -0.385. The summed E-state index contributed by atoms with van der Waals surface area (Å²) in [5, 5.41) is 13.7. The number of hydrogen-bond donors (Lipinski definition) is 1. The number of hydrogen-bond acceptors (Lipinski definition) is 6. The van der Waals surface area contributed by atoms with E-state index in [1.807, 2.05) is 9.80 Å². The van der Waals surface area contributed by atoms with Gasteiger partial charge >= 0.3 is 6.18 Å². The average Bonchev–Trinajstić information content (AvgIpc) is 2.69. The van der Waals surface area contributed by atoms with Crippen molar-refractivity contribution in [3.63, 3.8) is 0 Å². The van der Waals surface area contributed by atoms with Crippen molar-refractivity contribution < 1.29 is 22.9 Å². The van der Waals surface area contributed by atoms with Crippen LogP contribution in [-0.2, 0) is 11.0 Å². The van der Waals surface area contributed by atoms with Gasteiger partial charge in [-0.05, 0) is 25.1 Å². The van der Waals surface area contributed by atoms with Gasteiger partial charge in [0.1, 0.15) is 5.82 Å². The molecular weight excluding hydrogens is 403 g/mol. The highest BCUT2D eigenvalue weighted by Crippen LogP contribution is 2.29. The maximum atomic E-state index is 12.6. The number of nitro benzene ring substituents is 1. The molecule has 0 radical (unpaired) electrons. The summed E-state index contributed by atoms with van der Waals surface area (Å²) in [5.41, 5.74) is -0.000701. The largest absolute Gasteiger partial charge is 0.417 e. The van der Waals surface area contributed by atoms with Crippen molar-refractivity contribution in [3.8, 4) is 0 Å². The van der Waals surface area contributed by atoms with Crippen molar-refractivity contribution in [2.45, 2.75) is 13.1 Å². The van der Waals surface area contributed by atoms with Gasteiger partial charge in [-0.3, -0.25) is 19.8 Å². The highest BCUT2D eigenvalue weighted by Gasteiger charge is 2.31. The van der Waals surface area contributed by atoms with Crippen molar-refractivity contribution in [2.75, 3.05) is 42.9 Å². The van der Waals surface area contributed by atoms with Gasteiger partial charge in [-0.25, -0.2) is 4.98 Å². The van der Waals surface area contributed by atoms with Gasteiger partial charge in [0.2, 0.25) is 5.91 Å². The lowest BCUT2D eigenvalue weighted by atomic mass is 10.2. The number of rotatable bonds is 5. The van der Waals surface area contributed by atoms with Gasteiger partial charge in [0.15, 0.2) is 0 Å². The Morgan fingerprint density at radius 1 is 1.20 bits per heavy atom. The number of nitrogens with zero attached hydrogens (tertiary/aromatic N) is 4. The summed E-state index contributed by atoms with van der Waals surface area (Å²) in [6, 6.07) is 6.85. The topological polar surface area (TPSA) is 91.6 Å². The first kappa shape index (κ1) is 21.5. The van der Waals surface area contributed by atoms with Crippen molar-refractivity contribution in [1.82, 2.24) is 9.88 Å². The van der Waals surface area contributed by atoms with Crippen molar-refractivity contribution in [3.05, 3.63) is 57.8 Å².